The Morgan fingerprint density at radius 2 is 1.81 bits per heavy atom. The van der Waals surface area contributed by atoms with Crippen LogP contribution in [-0.4, -0.2) is 26.4 Å². The number of hydrogen-bond acceptors (Lipinski definition) is 4. The van der Waals surface area contributed by atoms with E-state index in [0.717, 1.165) is 36.5 Å². The lowest BCUT2D eigenvalue weighted by Gasteiger charge is -2.25. The molecular formula is C21H20N4OS. The SMILES string of the molecule is O=C(NC1CCSc2ccccc21)c1nc(C2CC2)n(-c2ccccc2)n1. The second-order valence-electron chi connectivity index (χ2n) is 7.02. The molecule has 0 bridgehead atoms. The van der Waals surface area contributed by atoms with Crippen LogP contribution in [0.1, 0.15) is 53.2 Å². The van der Waals surface area contributed by atoms with E-state index in [1.165, 1.54) is 10.5 Å². The Hall–Kier alpha value is -2.60. The fourth-order valence-corrected chi connectivity index (χ4v) is 4.63. The number of carbonyl (C=O) groups excluding carboxylic acids is 1. The highest BCUT2D eigenvalue weighted by Gasteiger charge is 2.32. The molecule has 0 spiro atoms. The first-order valence-corrected chi connectivity index (χ1v) is 10.3. The van der Waals surface area contributed by atoms with Gasteiger partial charge in [-0.3, -0.25) is 4.79 Å². The molecule has 5 nitrogen and oxygen atoms in total. The lowest BCUT2D eigenvalue weighted by molar-refractivity contribution is 0.0924. The van der Waals surface area contributed by atoms with Gasteiger partial charge in [0.05, 0.1) is 11.7 Å². The van der Waals surface area contributed by atoms with Gasteiger partial charge >= 0.3 is 0 Å². The summed E-state index contributed by atoms with van der Waals surface area (Å²) in [4.78, 5) is 18.8. The molecule has 2 aromatic carbocycles. The van der Waals surface area contributed by atoms with Gasteiger partial charge in [-0.1, -0.05) is 36.4 Å². The first kappa shape index (κ1) is 16.6. The molecule has 2 aliphatic rings. The van der Waals surface area contributed by atoms with Gasteiger partial charge in [-0.25, -0.2) is 9.67 Å². The van der Waals surface area contributed by atoms with Crippen LogP contribution in [0.25, 0.3) is 5.69 Å². The molecule has 1 aromatic heterocycles. The van der Waals surface area contributed by atoms with Crippen LogP contribution in [0.4, 0.5) is 0 Å². The van der Waals surface area contributed by atoms with Gasteiger partial charge in [-0.2, -0.15) is 0 Å². The van der Waals surface area contributed by atoms with Crippen LogP contribution in [0.15, 0.2) is 59.5 Å². The fourth-order valence-electron chi connectivity index (χ4n) is 3.50. The summed E-state index contributed by atoms with van der Waals surface area (Å²) >= 11 is 1.84. The van der Waals surface area contributed by atoms with Crippen molar-refractivity contribution in [3.05, 3.63) is 71.8 Å². The van der Waals surface area contributed by atoms with Crippen LogP contribution in [0.3, 0.4) is 0 Å². The van der Waals surface area contributed by atoms with E-state index >= 15 is 0 Å². The fraction of sp³-hybridized carbons (Fsp3) is 0.286. The zero-order valence-electron chi connectivity index (χ0n) is 14.8. The number of nitrogens with zero attached hydrogens (tertiary/aromatic N) is 3. The lowest BCUT2D eigenvalue weighted by Crippen LogP contribution is -2.31. The first-order valence-electron chi connectivity index (χ1n) is 9.34. The molecule has 3 aromatic rings. The minimum absolute atomic E-state index is 0.0167. The largest absolute Gasteiger partial charge is 0.342 e. The number of hydrogen-bond donors (Lipinski definition) is 1. The molecule has 27 heavy (non-hydrogen) atoms. The first-order chi connectivity index (χ1) is 13.3. The normalized spacial score (nSPS) is 18.7. The number of benzene rings is 2. The number of carbonyl (C=O) groups is 1. The molecule has 5 rings (SSSR count). The molecule has 1 N–H and O–H groups in total. The Morgan fingerprint density at radius 1 is 1.04 bits per heavy atom. The third kappa shape index (κ3) is 3.25. The minimum atomic E-state index is -0.196. The summed E-state index contributed by atoms with van der Waals surface area (Å²) in [5, 5.41) is 7.70. The molecule has 1 amide bonds. The number of rotatable bonds is 4. The van der Waals surface area contributed by atoms with Crippen molar-refractivity contribution in [2.24, 2.45) is 0 Å². The molecule has 1 fully saturated rings. The quantitative estimate of drug-likeness (QED) is 0.744. The van der Waals surface area contributed by atoms with Gasteiger partial charge in [-0.05, 0) is 43.0 Å². The molecule has 0 saturated heterocycles. The molecule has 1 aliphatic carbocycles. The Bertz CT molecular complexity index is 981. The van der Waals surface area contributed by atoms with Gasteiger partial charge in [-0.15, -0.1) is 16.9 Å². The highest BCUT2D eigenvalue weighted by atomic mass is 32.2. The Balaban J connectivity index is 1.43. The van der Waals surface area contributed by atoms with Gasteiger partial charge in [0.25, 0.3) is 5.91 Å². The Morgan fingerprint density at radius 3 is 2.63 bits per heavy atom. The maximum absolute atomic E-state index is 12.9. The third-order valence-electron chi connectivity index (χ3n) is 5.04. The predicted octanol–water partition coefficient (Wildman–Crippen LogP) is 4.11. The van der Waals surface area contributed by atoms with Gasteiger partial charge in [0, 0.05) is 16.6 Å². The topological polar surface area (TPSA) is 59.8 Å². The van der Waals surface area contributed by atoms with E-state index in [4.69, 9.17) is 0 Å². The van der Waals surface area contributed by atoms with Crippen LogP contribution >= 0.6 is 11.8 Å². The number of amides is 1. The van der Waals surface area contributed by atoms with Gasteiger partial charge in [0.15, 0.2) is 0 Å². The number of para-hydroxylation sites is 1. The highest BCUT2D eigenvalue weighted by molar-refractivity contribution is 7.99. The smallest absolute Gasteiger partial charge is 0.291 e. The number of aromatic nitrogens is 3. The molecule has 2 heterocycles. The molecule has 1 atom stereocenters. The van der Waals surface area contributed by atoms with Gasteiger partial charge < -0.3 is 5.32 Å². The maximum Gasteiger partial charge on any atom is 0.291 e. The van der Waals surface area contributed by atoms with E-state index in [9.17, 15) is 4.79 Å². The average molecular weight is 376 g/mol. The molecule has 1 aliphatic heterocycles. The monoisotopic (exact) mass is 376 g/mol. The van der Waals surface area contributed by atoms with Crippen LogP contribution in [-0.2, 0) is 0 Å². The summed E-state index contributed by atoms with van der Waals surface area (Å²) in [6.07, 6.45) is 3.14. The summed E-state index contributed by atoms with van der Waals surface area (Å²) in [7, 11) is 0. The molecule has 0 radical (unpaired) electrons. The van der Waals surface area contributed by atoms with Crippen molar-refractivity contribution < 1.29 is 4.79 Å². The van der Waals surface area contributed by atoms with E-state index in [1.807, 2.05) is 58.9 Å². The van der Waals surface area contributed by atoms with Crippen LogP contribution in [0.5, 0.6) is 0 Å². The zero-order chi connectivity index (χ0) is 18.2. The van der Waals surface area contributed by atoms with E-state index in [-0.39, 0.29) is 17.8 Å². The third-order valence-corrected chi connectivity index (χ3v) is 6.16. The summed E-state index contributed by atoms with van der Waals surface area (Å²) in [6, 6.07) is 18.2. The van der Waals surface area contributed by atoms with Crippen molar-refractivity contribution in [3.8, 4) is 5.69 Å². The summed E-state index contributed by atoms with van der Waals surface area (Å²) in [6.45, 7) is 0. The van der Waals surface area contributed by atoms with Gasteiger partial charge in [0.1, 0.15) is 5.82 Å². The van der Waals surface area contributed by atoms with Crippen molar-refractivity contribution >= 4 is 17.7 Å². The standard InChI is InChI=1S/C21H20N4OS/c26-21(22-17-12-13-27-18-9-5-4-8-16(17)18)19-23-20(14-10-11-14)25(24-19)15-6-2-1-3-7-15/h1-9,14,17H,10-13H2,(H,22,26). The highest BCUT2D eigenvalue weighted by Crippen LogP contribution is 2.40. The second-order valence-corrected chi connectivity index (χ2v) is 8.15. The minimum Gasteiger partial charge on any atom is -0.342 e. The summed E-state index contributed by atoms with van der Waals surface area (Å²) in [5.74, 6) is 2.37. The number of fused-ring (bicyclic) bond motifs is 1. The average Bonchev–Trinajstić information content (AvgIpc) is 3.47. The van der Waals surface area contributed by atoms with Crippen molar-refractivity contribution in [3.63, 3.8) is 0 Å². The number of nitrogens with one attached hydrogen (secondary N) is 1. The summed E-state index contributed by atoms with van der Waals surface area (Å²) in [5.41, 5.74) is 2.14. The van der Waals surface area contributed by atoms with E-state index in [2.05, 4.69) is 27.5 Å². The lowest BCUT2D eigenvalue weighted by atomic mass is 10.0. The molecule has 1 saturated carbocycles. The zero-order valence-corrected chi connectivity index (χ0v) is 15.7. The Kier molecular flexibility index (Phi) is 4.20. The van der Waals surface area contributed by atoms with E-state index < -0.39 is 0 Å². The van der Waals surface area contributed by atoms with Crippen molar-refractivity contribution in [2.45, 2.75) is 36.1 Å². The second kappa shape index (κ2) is 6.85. The van der Waals surface area contributed by atoms with Crippen LogP contribution < -0.4 is 5.32 Å². The van der Waals surface area contributed by atoms with Crippen LogP contribution in [0, 0.1) is 0 Å². The van der Waals surface area contributed by atoms with Crippen molar-refractivity contribution in [1.82, 2.24) is 20.1 Å². The van der Waals surface area contributed by atoms with Crippen molar-refractivity contribution in [2.75, 3.05) is 5.75 Å². The van der Waals surface area contributed by atoms with Crippen molar-refractivity contribution in [1.29, 1.82) is 0 Å². The number of thioether (sulfide) groups is 1. The maximum atomic E-state index is 12.9. The Labute approximate surface area is 162 Å². The molecule has 1 unspecified atom stereocenters. The van der Waals surface area contributed by atoms with Gasteiger partial charge in [0.2, 0.25) is 5.82 Å². The molecule has 136 valence electrons. The van der Waals surface area contributed by atoms with Crippen LogP contribution in [0.2, 0.25) is 0 Å². The molecule has 6 heteroatoms. The summed E-state index contributed by atoms with van der Waals surface area (Å²) < 4.78 is 1.83. The molecular weight excluding hydrogens is 356 g/mol. The predicted molar refractivity (Wildman–Crippen MR) is 105 cm³/mol. The van der Waals surface area contributed by atoms with E-state index in [0.29, 0.717) is 5.92 Å². The van der Waals surface area contributed by atoms with E-state index in [1.54, 1.807) is 0 Å².